The standard InChI is InChI=1S/C16H28N2O/c1-6-15(17)16(18(4)13(3)11-19-5)14-10-8-7-9-12(14)2/h7-10,13,15-16H,6,11,17H2,1-5H3. The molecule has 0 aliphatic carbocycles. The van der Waals surface area contributed by atoms with E-state index in [1.54, 1.807) is 7.11 Å². The van der Waals surface area contributed by atoms with Gasteiger partial charge in [0.2, 0.25) is 0 Å². The van der Waals surface area contributed by atoms with Crippen LogP contribution in [-0.4, -0.2) is 37.7 Å². The van der Waals surface area contributed by atoms with Gasteiger partial charge < -0.3 is 10.5 Å². The molecule has 0 radical (unpaired) electrons. The van der Waals surface area contributed by atoms with Crippen LogP contribution in [-0.2, 0) is 4.74 Å². The van der Waals surface area contributed by atoms with Crippen LogP contribution in [0.1, 0.15) is 37.4 Å². The van der Waals surface area contributed by atoms with E-state index in [1.807, 2.05) is 0 Å². The molecule has 3 unspecified atom stereocenters. The van der Waals surface area contributed by atoms with E-state index in [4.69, 9.17) is 10.5 Å². The van der Waals surface area contributed by atoms with E-state index in [1.165, 1.54) is 11.1 Å². The number of benzene rings is 1. The quantitative estimate of drug-likeness (QED) is 0.823. The fourth-order valence-corrected chi connectivity index (χ4v) is 2.53. The minimum Gasteiger partial charge on any atom is -0.383 e. The van der Waals surface area contributed by atoms with Crippen molar-refractivity contribution in [3.63, 3.8) is 0 Å². The van der Waals surface area contributed by atoms with Crippen LogP contribution in [0.4, 0.5) is 0 Å². The molecule has 3 nitrogen and oxygen atoms in total. The van der Waals surface area contributed by atoms with Crippen molar-refractivity contribution in [1.29, 1.82) is 0 Å². The molecule has 0 fully saturated rings. The highest BCUT2D eigenvalue weighted by Gasteiger charge is 2.27. The van der Waals surface area contributed by atoms with Crippen LogP contribution in [0.15, 0.2) is 24.3 Å². The number of nitrogens with zero attached hydrogens (tertiary/aromatic N) is 1. The van der Waals surface area contributed by atoms with Crippen LogP contribution < -0.4 is 5.73 Å². The fraction of sp³-hybridized carbons (Fsp3) is 0.625. The number of hydrogen-bond acceptors (Lipinski definition) is 3. The number of ether oxygens (including phenoxy) is 1. The van der Waals surface area contributed by atoms with Crippen molar-refractivity contribution < 1.29 is 4.74 Å². The predicted molar refractivity (Wildman–Crippen MR) is 81.3 cm³/mol. The lowest BCUT2D eigenvalue weighted by Gasteiger charge is -2.37. The first-order chi connectivity index (χ1) is 9.02. The molecule has 1 rings (SSSR count). The van der Waals surface area contributed by atoms with Gasteiger partial charge in [-0.1, -0.05) is 31.2 Å². The number of nitrogens with two attached hydrogens (primary N) is 1. The van der Waals surface area contributed by atoms with E-state index in [0.29, 0.717) is 6.04 Å². The average Bonchev–Trinajstić information content (AvgIpc) is 2.41. The van der Waals surface area contributed by atoms with Crippen LogP contribution in [0.3, 0.4) is 0 Å². The fourth-order valence-electron chi connectivity index (χ4n) is 2.53. The Hall–Kier alpha value is -0.900. The van der Waals surface area contributed by atoms with Crippen molar-refractivity contribution in [3.8, 4) is 0 Å². The summed E-state index contributed by atoms with van der Waals surface area (Å²) >= 11 is 0. The summed E-state index contributed by atoms with van der Waals surface area (Å²) in [5, 5.41) is 0. The minimum absolute atomic E-state index is 0.130. The van der Waals surface area contributed by atoms with Crippen molar-refractivity contribution >= 4 is 0 Å². The highest BCUT2D eigenvalue weighted by molar-refractivity contribution is 5.30. The van der Waals surface area contributed by atoms with Gasteiger partial charge in [0, 0.05) is 19.2 Å². The Morgan fingerprint density at radius 3 is 2.47 bits per heavy atom. The maximum absolute atomic E-state index is 6.37. The molecule has 0 saturated heterocycles. The maximum Gasteiger partial charge on any atom is 0.0615 e. The van der Waals surface area contributed by atoms with Gasteiger partial charge in [0.15, 0.2) is 0 Å². The first-order valence-electron chi connectivity index (χ1n) is 7.04. The van der Waals surface area contributed by atoms with Gasteiger partial charge in [0.1, 0.15) is 0 Å². The molecular formula is C16H28N2O. The summed E-state index contributed by atoms with van der Waals surface area (Å²) < 4.78 is 5.27. The van der Waals surface area contributed by atoms with Crippen molar-refractivity contribution in [2.45, 2.75) is 45.3 Å². The minimum atomic E-state index is 0.130. The predicted octanol–water partition coefficient (Wildman–Crippen LogP) is 2.74. The van der Waals surface area contributed by atoms with Crippen molar-refractivity contribution in [2.24, 2.45) is 5.73 Å². The Labute approximate surface area is 117 Å². The van der Waals surface area contributed by atoms with Gasteiger partial charge in [0.05, 0.1) is 12.6 Å². The van der Waals surface area contributed by atoms with Gasteiger partial charge in [-0.2, -0.15) is 0 Å². The lowest BCUT2D eigenvalue weighted by Crippen LogP contribution is -2.44. The van der Waals surface area contributed by atoms with Crippen LogP contribution in [0.25, 0.3) is 0 Å². The molecule has 0 aliphatic rings. The molecular weight excluding hydrogens is 236 g/mol. The molecule has 0 spiro atoms. The maximum atomic E-state index is 6.37. The molecule has 1 aromatic carbocycles. The third kappa shape index (κ3) is 4.03. The number of methoxy groups -OCH3 is 1. The van der Waals surface area contributed by atoms with Crippen molar-refractivity contribution in [1.82, 2.24) is 4.90 Å². The van der Waals surface area contributed by atoms with E-state index < -0.39 is 0 Å². The van der Waals surface area contributed by atoms with E-state index in [0.717, 1.165) is 13.0 Å². The Morgan fingerprint density at radius 2 is 1.95 bits per heavy atom. The summed E-state index contributed by atoms with van der Waals surface area (Å²) in [6.45, 7) is 7.19. The molecule has 0 aromatic heterocycles. The number of rotatable bonds is 7. The number of aryl methyl sites for hydroxylation is 1. The topological polar surface area (TPSA) is 38.5 Å². The molecule has 0 amide bonds. The molecule has 3 atom stereocenters. The normalized spacial score (nSPS) is 16.4. The second kappa shape index (κ2) is 7.63. The monoisotopic (exact) mass is 264 g/mol. The molecule has 0 saturated carbocycles. The van der Waals surface area contributed by atoms with Crippen molar-refractivity contribution in [2.75, 3.05) is 20.8 Å². The smallest absolute Gasteiger partial charge is 0.0615 e. The Morgan fingerprint density at radius 1 is 1.32 bits per heavy atom. The van der Waals surface area contributed by atoms with Crippen molar-refractivity contribution in [3.05, 3.63) is 35.4 Å². The summed E-state index contributed by atoms with van der Waals surface area (Å²) in [7, 11) is 3.88. The lowest BCUT2D eigenvalue weighted by molar-refractivity contribution is 0.0791. The average molecular weight is 264 g/mol. The number of hydrogen-bond donors (Lipinski definition) is 1. The van der Waals surface area contributed by atoms with E-state index in [-0.39, 0.29) is 12.1 Å². The molecule has 0 heterocycles. The molecule has 0 bridgehead atoms. The summed E-state index contributed by atoms with van der Waals surface area (Å²) in [6.07, 6.45) is 0.961. The van der Waals surface area contributed by atoms with E-state index >= 15 is 0 Å². The molecule has 19 heavy (non-hydrogen) atoms. The first-order valence-corrected chi connectivity index (χ1v) is 7.04. The summed E-state index contributed by atoms with van der Waals surface area (Å²) in [6, 6.07) is 9.21. The largest absolute Gasteiger partial charge is 0.383 e. The summed E-state index contributed by atoms with van der Waals surface area (Å²) in [5.74, 6) is 0. The van der Waals surface area contributed by atoms with Crippen LogP contribution in [0.5, 0.6) is 0 Å². The Bertz CT molecular complexity index is 381. The molecule has 1 aromatic rings. The van der Waals surface area contributed by atoms with E-state index in [2.05, 4.69) is 57.0 Å². The van der Waals surface area contributed by atoms with Crippen LogP contribution >= 0.6 is 0 Å². The van der Waals surface area contributed by atoms with Crippen LogP contribution in [0.2, 0.25) is 0 Å². The summed E-state index contributed by atoms with van der Waals surface area (Å²) in [5.41, 5.74) is 8.99. The summed E-state index contributed by atoms with van der Waals surface area (Å²) in [4.78, 5) is 2.33. The second-order valence-corrected chi connectivity index (χ2v) is 5.34. The zero-order chi connectivity index (χ0) is 14.4. The Balaban J connectivity index is 3.05. The zero-order valence-electron chi connectivity index (χ0n) is 12.9. The van der Waals surface area contributed by atoms with Gasteiger partial charge >= 0.3 is 0 Å². The van der Waals surface area contributed by atoms with E-state index in [9.17, 15) is 0 Å². The molecule has 3 heteroatoms. The molecule has 2 N–H and O–H groups in total. The van der Waals surface area contributed by atoms with Crippen LogP contribution in [0, 0.1) is 6.92 Å². The highest BCUT2D eigenvalue weighted by Crippen LogP contribution is 2.28. The second-order valence-electron chi connectivity index (χ2n) is 5.34. The number of likely N-dealkylation sites (N-methyl/N-ethyl adjacent to an activating group) is 1. The van der Waals surface area contributed by atoms with Gasteiger partial charge in [0.25, 0.3) is 0 Å². The lowest BCUT2D eigenvalue weighted by atomic mass is 9.92. The third-order valence-corrected chi connectivity index (χ3v) is 3.93. The van der Waals surface area contributed by atoms with Gasteiger partial charge in [-0.3, -0.25) is 4.90 Å². The first kappa shape index (κ1) is 16.2. The third-order valence-electron chi connectivity index (χ3n) is 3.93. The van der Waals surface area contributed by atoms with Gasteiger partial charge in [-0.15, -0.1) is 0 Å². The zero-order valence-corrected chi connectivity index (χ0v) is 12.9. The molecule has 0 aliphatic heterocycles. The SMILES string of the molecule is CCC(N)C(c1ccccc1C)N(C)C(C)COC. The molecule has 108 valence electrons. The van der Waals surface area contributed by atoms with Gasteiger partial charge in [-0.05, 0) is 38.4 Å². The Kier molecular flexibility index (Phi) is 6.49. The van der Waals surface area contributed by atoms with Gasteiger partial charge in [-0.25, -0.2) is 0 Å². The highest BCUT2D eigenvalue weighted by atomic mass is 16.5.